The number of ether oxygens (including phenoxy) is 1. The Balaban J connectivity index is 2.41. The van der Waals surface area contributed by atoms with Crippen molar-refractivity contribution in [3.05, 3.63) is 45.9 Å². The minimum absolute atomic E-state index is 0.602. The van der Waals surface area contributed by atoms with Crippen LogP contribution in [-0.2, 0) is 6.54 Å². The number of nitrogens with zero attached hydrogens (tertiary/aromatic N) is 1. The van der Waals surface area contributed by atoms with Gasteiger partial charge in [-0.15, -0.1) is 0 Å². The van der Waals surface area contributed by atoms with Gasteiger partial charge in [0.05, 0.1) is 13.7 Å². The Morgan fingerprint density at radius 2 is 2.31 bits per heavy atom. The van der Waals surface area contributed by atoms with Crippen LogP contribution in [0.1, 0.15) is 5.56 Å². The summed E-state index contributed by atoms with van der Waals surface area (Å²) in [5.74, 6) is 0.774. The molecule has 1 aromatic heterocycles. The van der Waals surface area contributed by atoms with E-state index in [4.69, 9.17) is 28.6 Å². The SMILES string of the molecule is COc1cccc(Cl)c1Cn1cc[nH]c1=S. The minimum atomic E-state index is 0.602. The van der Waals surface area contributed by atoms with Crippen molar-refractivity contribution in [1.82, 2.24) is 9.55 Å². The lowest BCUT2D eigenvalue weighted by molar-refractivity contribution is 0.408. The zero-order chi connectivity index (χ0) is 11.5. The predicted octanol–water partition coefficient (Wildman–Crippen LogP) is 3.26. The molecule has 0 aliphatic heterocycles. The fraction of sp³-hybridized carbons (Fsp3) is 0.182. The highest BCUT2D eigenvalue weighted by Gasteiger charge is 2.08. The first kappa shape index (κ1) is 11.2. The van der Waals surface area contributed by atoms with E-state index in [9.17, 15) is 0 Å². The molecule has 0 amide bonds. The molecule has 0 radical (unpaired) electrons. The van der Waals surface area contributed by atoms with E-state index in [1.165, 1.54) is 0 Å². The van der Waals surface area contributed by atoms with E-state index in [0.29, 0.717) is 16.3 Å². The quantitative estimate of drug-likeness (QED) is 0.853. The van der Waals surface area contributed by atoms with Gasteiger partial charge in [-0.1, -0.05) is 17.7 Å². The Morgan fingerprint density at radius 3 is 2.94 bits per heavy atom. The van der Waals surface area contributed by atoms with Crippen LogP contribution in [0.4, 0.5) is 0 Å². The van der Waals surface area contributed by atoms with Crippen LogP contribution in [0.2, 0.25) is 5.02 Å². The monoisotopic (exact) mass is 254 g/mol. The highest BCUT2D eigenvalue weighted by molar-refractivity contribution is 7.71. The number of imidazole rings is 1. The van der Waals surface area contributed by atoms with Gasteiger partial charge in [-0.25, -0.2) is 0 Å². The summed E-state index contributed by atoms with van der Waals surface area (Å²) in [4.78, 5) is 2.94. The lowest BCUT2D eigenvalue weighted by Crippen LogP contribution is -2.01. The highest BCUT2D eigenvalue weighted by atomic mass is 35.5. The van der Waals surface area contributed by atoms with Gasteiger partial charge in [-0.05, 0) is 24.4 Å². The van der Waals surface area contributed by atoms with Crippen molar-refractivity contribution in [1.29, 1.82) is 0 Å². The fourth-order valence-corrected chi connectivity index (χ4v) is 1.95. The van der Waals surface area contributed by atoms with Gasteiger partial charge in [-0.3, -0.25) is 0 Å². The Bertz CT molecular complexity index is 547. The lowest BCUT2D eigenvalue weighted by Gasteiger charge is -2.10. The summed E-state index contributed by atoms with van der Waals surface area (Å²) in [6.45, 7) is 0.602. The third-order valence-electron chi connectivity index (χ3n) is 2.35. The molecule has 84 valence electrons. The topological polar surface area (TPSA) is 29.9 Å². The summed E-state index contributed by atoms with van der Waals surface area (Å²) in [6.07, 6.45) is 3.68. The molecule has 0 saturated carbocycles. The second-order valence-electron chi connectivity index (χ2n) is 3.31. The number of aromatic nitrogens is 2. The van der Waals surface area contributed by atoms with Gasteiger partial charge in [0.1, 0.15) is 5.75 Å². The molecule has 0 atom stereocenters. The second kappa shape index (κ2) is 4.72. The fourth-order valence-electron chi connectivity index (χ4n) is 1.53. The Kier molecular flexibility index (Phi) is 3.31. The minimum Gasteiger partial charge on any atom is -0.496 e. The van der Waals surface area contributed by atoms with Crippen LogP contribution in [0, 0.1) is 4.77 Å². The Hall–Kier alpha value is -1.26. The summed E-state index contributed by atoms with van der Waals surface area (Å²) in [6, 6.07) is 5.59. The molecule has 0 fully saturated rings. The number of rotatable bonds is 3. The molecule has 2 rings (SSSR count). The van der Waals surface area contributed by atoms with Crippen LogP contribution in [0.5, 0.6) is 5.75 Å². The molecule has 5 heteroatoms. The molecule has 1 aromatic carbocycles. The van der Waals surface area contributed by atoms with E-state index in [1.54, 1.807) is 13.3 Å². The van der Waals surface area contributed by atoms with Crippen molar-refractivity contribution in [3.63, 3.8) is 0 Å². The lowest BCUT2D eigenvalue weighted by atomic mass is 10.2. The Morgan fingerprint density at radius 1 is 1.50 bits per heavy atom. The molecule has 0 saturated heterocycles. The summed E-state index contributed by atoms with van der Waals surface area (Å²) in [5, 5.41) is 0.683. The number of nitrogens with one attached hydrogen (secondary N) is 1. The predicted molar refractivity (Wildman–Crippen MR) is 66.7 cm³/mol. The standard InChI is InChI=1S/C11H11ClN2OS/c1-15-10-4-2-3-9(12)8(10)7-14-6-5-13-11(14)16/h2-6H,7H2,1H3,(H,13,16). The normalized spacial score (nSPS) is 10.4. The highest BCUT2D eigenvalue weighted by Crippen LogP contribution is 2.26. The smallest absolute Gasteiger partial charge is 0.177 e. The van der Waals surface area contributed by atoms with E-state index in [-0.39, 0.29) is 0 Å². The van der Waals surface area contributed by atoms with Gasteiger partial charge in [0.15, 0.2) is 4.77 Å². The third-order valence-corrected chi connectivity index (χ3v) is 3.05. The average Bonchev–Trinajstić information content (AvgIpc) is 2.67. The number of hydrogen-bond donors (Lipinski definition) is 1. The van der Waals surface area contributed by atoms with Crippen molar-refractivity contribution in [2.75, 3.05) is 7.11 Å². The van der Waals surface area contributed by atoms with E-state index < -0.39 is 0 Å². The first-order valence-electron chi connectivity index (χ1n) is 4.77. The summed E-state index contributed by atoms with van der Waals surface area (Å²) in [5.41, 5.74) is 0.933. The molecular weight excluding hydrogens is 244 g/mol. The number of benzene rings is 1. The van der Waals surface area contributed by atoms with Gasteiger partial charge in [0, 0.05) is 23.0 Å². The zero-order valence-corrected chi connectivity index (χ0v) is 10.3. The van der Waals surface area contributed by atoms with Crippen LogP contribution >= 0.6 is 23.8 Å². The van der Waals surface area contributed by atoms with Crippen molar-refractivity contribution in [2.24, 2.45) is 0 Å². The van der Waals surface area contributed by atoms with Crippen molar-refractivity contribution in [2.45, 2.75) is 6.54 Å². The van der Waals surface area contributed by atoms with E-state index >= 15 is 0 Å². The largest absolute Gasteiger partial charge is 0.496 e. The summed E-state index contributed by atoms with van der Waals surface area (Å²) in [7, 11) is 1.63. The summed E-state index contributed by atoms with van der Waals surface area (Å²) >= 11 is 11.3. The maximum atomic E-state index is 6.14. The third kappa shape index (κ3) is 2.13. The van der Waals surface area contributed by atoms with Crippen molar-refractivity contribution < 1.29 is 4.74 Å². The maximum absolute atomic E-state index is 6.14. The molecule has 1 heterocycles. The molecule has 0 spiro atoms. The second-order valence-corrected chi connectivity index (χ2v) is 4.11. The number of hydrogen-bond acceptors (Lipinski definition) is 2. The van der Waals surface area contributed by atoms with Gasteiger partial charge < -0.3 is 14.3 Å². The van der Waals surface area contributed by atoms with Gasteiger partial charge in [0.25, 0.3) is 0 Å². The van der Waals surface area contributed by atoms with Gasteiger partial charge >= 0.3 is 0 Å². The van der Waals surface area contributed by atoms with Gasteiger partial charge in [0.2, 0.25) is 0 Å². The first-order chi connectivity index (χ1) is 7.72. The van der Waals surface area contributed by atoms with E-state index in [1.807, 2.05) is 29.0 Å². The van der Waals surface area contributed by atoms with E-state index in [2.05, 4.69) is 4.98 Å². The zero-order valence-electron chi connectivity index (χ0n) is 8.74. The molecule has 16 heavy (non-hydrogen) atoms. The molecule has 1 N–H and O–H groups in total. The van der Waals surface area contributed by atoms with Crippen LogP contribution in [0.25, 0.3) is 0 Å². The summed E-state index contributed by atoms with van der Waals surface area (Å²) < 4.78 is 7.84. The Labute approximate surface area is 104 Å². The van der Waals surface area contributed by atoms with Crippen LogP contribution in [0.3, 0.4) is 0 Å². The van der Waals surface area contributed by atoms with Crippen LogP contribution < -0.4 is 4.74 Å². The first-order valence-corrected chi connectivity index (χ1v) is 5.56. The van der Waals surface area contributed by atoms with Crippen molar-refractivity contribution >= 4 is 23.8 Å². The molecule has 0 aliphatic rings. The van der Waals surface area contributed by atoms with Crippen LogP contribution in [0.15, 0.2) is 30.6 Å². The number of H-pyrrole nitrogens is 1. The average molecular weight is 255 g/mol. The number of methoxy groups -OCH3 is 1. The number of halogens is 1. The number of aromatic amines is 1. The van der Waals surface area contributed by atoms with Crippen molar-refractivity contribution in [3.8, 4) is 5.75 Å². The van der Waals surface area contributed by atoms with Crippen LogP contribution in [-0.4, -0.2) is 16.7 Å². The molecule has 0 bridgehead atoms. The molecule has 0 unspecified atom stereocenters. The maximum Gasteiger partial charge on any atom is 0.177 e. The molecule has 0 aliphatic carbocycles. The molecule has 3 nitrogen and oxygen atoms in total. The molecule has 2 aromatic rings. The van der Waals surface area contributed by atoms with Gasteiger partial charge in [-0.2, -0.15) is 0 Å². The van der Waals surface area contributed by atoms with E-state index in [0.717, 1.165) is 11.3 Å². The molecular formula is C11H11ClN2OS.